The highest BCUT2D eigenvalue weighted by Crippen LogP contribution is 2.30. The molecule has 3 N–H and O–H groups in total. The van der Waals surface area contributed by atoms with Gasteiger partial charge in [0.1, 0.15) is 17.2 Å². The molecule has 0 aliphatic rings. The van der Waals surface area contributed by atoms with Crippen molar-refractivity contribution in [3.63, 3.8) is 0 Å². The Bertz CT molecular complexity index is 669. The second-order valence-electron chi connectivity index (χ2n) is 4.85. The highest BCUT2D eigenvalue weighted by molar-refractivity contribution is 5.97. The number of nitrogens with zero attached hydrogens (tertiary/aromatic N) is 1. The zero-order valence-corrected chi connectivity index (χ0v) is 11.8. The lowest BCUT2D eigenvalue weighted by molar-refractivity contribution is 0.0738. The summed E-state index contributed by atoms with van der Waals surface area (Å²) in [6.07, 6.45) is 0. The molecule has 2 rings (SSSR count). The smallest absolute Gasteiger partial charge is 0.257 e. The summed E-state index contributed by atoms with van der Waals surface area (Å²) in [6, 6.07) is 10.2. The number of hydrogen-bond acceptors (Lipinski definition) is 4. The van der Waals surface area contributed by atoms with Crippen molar-refractivity contribution in [2.24, 2.45) is 0 Å². The second kappa shape index (κ2) is 5.75. The van der Waals surface area contributed by atoms with E-state index in [2.05, 4.69) is 0 Å². The molecule has 0 aliphatic heterocycles. The first-order valence-corrected chi connectivity index (χ1v) is 6.49. The molecule has 2 aromatic carbocycles. The molecule has 0 aliphatic carbocycles. The Labute approximate surface area is 122 Å². The van der Waals surface area contributed by atoms with Crippen LogP contribution < -0.4 is 0 Å². The molecule has 0 bridgehead atoms. The van der Waals surface area contributed by atoms with Gasteiger partial charge in [-0.2, -0.15) is 0 Å². The van der Waals surface area contributed by atoms with Crippen molar-refractivity contribution in [2.75, 3.05) is 7.05 Å². The summed E-state index contributed by atoms with van der Waals surface area (Å²) in [6.45, 7) is 1.78. The third-order valence-corrected chi connectivity index (χ3v) is 3.50. The number of benzene rings is 2. The van der Waals surface area contributed by atoms with Crippen molar-refractivity contribution in [2.45, 2.75) is 13.0 Å². The van der Waals surface area contributed by atoms with Crippen LogP contribution in [0.15, 0.2) is 42.5 Å². The zero-order valence-electron chi connectivity index (χ0n) is 11.8. The van der Waals surface area contributed by atoms with Gasteiger partial charge in [-0.15, -0.1) is 0 Å². The topological polar surface area (TPSA) is 81.0 Å². The summed E-state index contributed by atoms with van der Waals surface area (Å²) < 4.78 is 0. The average Bonchev–Trinajstić information content (AvgIpc) is 2.45. The molecule has 1 atom stereocenters. The van der Waals surface area contributed by atoms with Crippen LogP contribution in [0.3, 0.4) is 0 Å². The first-order chi connectivity index (χ1) is 9.91. The number of carbonyl (C=O) groups is 1. The van der Waals surface area contributed by atoms with Crippen LogP contribution >= 0.6 is 0 Å². The predicted molar refractivity (Wildman–Crippen MR) is 78.4 cm³/mol. The molecule has 1 amide bonds. The van der Waals surface area contributed by atoms with Gasteiger partial charge in [-0.25, -0.2) is 0 Å². The van der Waals surface area contributed by atoms with Crippen LogP contribution in [-0.2, 0) is 0 Å². The summed E-state index contributed by atoms with van der Waals surface area (Å²) in [7, 11) is 1.59. The zero-order chi connectivity index (χ0) is 15.6. The lowest BCUT2D eigenvalue weighted by Crippen LogP contribution is -2.29. The predicted octanol–water partition coefficient (Wildman–Crippen LogP) is 2.64. The summed E-state index contributed by atoms with van der Waals surface area (Å²) in [5, 5.41) is 28.9. The molecule has 21 heavy (non-hydrogen) atoms. The van der Waals surface area contributed by atoms with Crippen molar-refractivity contribution in [1.29, 1.82) is 0 Å². The number of phenols is 3. The van der Waals surface area contributed by atoms with Gasteiger partial charge in [0.25, 0.3) is 5.91 Å². The van der Waals surface area contributed by atoms with Crippen molar-refractivity contribution >= 4 is 5.91 Å². The molecule has 5 heteroatoms. The van der Waals surface area contributed by atoms with Gasteiger partial charge < -0.3 is 20.2 Å². The Hall–Kier alpha value is -2.69. The van der Waals surface area contributed by atoms with Gasteiger partial charge in [0, 0.05) is 18.7 Å². The van der Waals surface area contributed by atoms with Crippen molar-refractivity contribution < 1.29 is 20.1 Å². The van der Waals surface area contributed by atoms with Gasteiger partial charge >= 0.3 is 0 Å². The summed E-state index contributed by atoms with van der Waals surface area (Å²) in [5.41, 5.74) is 0.712. The Morgan fingerprint density at radius 1 is 1.05 bits per heavy atom. The normalized spacial score (nSPS) is 11.9. The van der Waals surface area contributed by atoms with E-state index in [9.17, 15) is 20.1 Å². The molecule has 1 unspecified atom stereocenters. The van der Waals surface area contributed by atoms with E-state index in [4.69, 9.17) is 0 Å². The highest BCUT2D eigenvalue weighted by atomic mass is 16.3. The number of hydrogen-bond donors (Lipinski definition) is 3. The fourth-order valence-corrected chi connectivity index (χ4v) is 2.12. The third kappa shape index (κ3) is 2.91. The second-order valence-corrected chi connectivity index (χ2v) is 4.85. The molecule has 0 radical (unpaired) electrons. The lowest BCUT2D eigenvalue weighted by Gasteiger charge is -2.26. The van der Waals surface area contributed by atoms with E-state index in [1.807, 2.05) is 0 Å². The van der Waals surface area contributed by atoms with E-state index in [0.29, 0.717) is 5.56 Å². The maximum atomic E-state index is 12.4. The largest absolute Gasteiger partial charge is 0.508 e. The van der Waals surface area contributed by atoms with Gasteiger partial charge in [0.2, 0.25) is 0 Å². The van der Waals surface area contributed by atoms with Gasteiger partial charge in [-0.1, -0.05) is 18.2 Å². The van der Waals surface area contributed by atoms with Gasteiger partial charge in [0.15, 0.2) is 0 Å². The maximum absolute atomic E-state index is 12.4. The summed E-state index contributed by atoms with van der Waals surface area (Å²) in [5.74, 6) is -0.681. The minimum atomic E-state index is -0.400. The average molecular weight is 287 g/mol. The molecule has 2 aromatic rings. The van der Waals surface area contributed by atoms with Gasteiger partial charge in [-0.3, -0.25) is 4.79 Å². The molecular formula is C16H17NO4. The number of carbonyl (C=O) groups excluding carboxylic acids is 1. The lowest BCUT2D eigenvalue weighted by atomic mass is 10.0. The van der Waals surface area contributed by atoms with E-state index >= 15 is 0 Å². The van der Waals surface area contributed by atoms with Crippen molar-refractivity contribution in [1.82, 2.24) is 4.90 Å². The molecule has 110 valence electrons. The molecule has 0 aromatic heterocycles. The van der Waals surface area contributed by atoms with E-state index in [0.717, 1.165) is 6.07 Å². The van der Waals surface area contributed by atoms with Gasteiger partial charge in [0.05, 0.1) is 11.6 Å². The van der Waals surface area contributed by atoms with Crippen LogP contribution in [0.2, 0.25) is 0 Å². The van der Waals surface area contributed by atoms with Crippen LogP contribution in [0.4, 0.5) is 0 Å². The fraction of sp³-hybridized carbons (Fsp3) is 0.188. The minimum Gasteiger partial charge on any atom is -0.508 e. The monoisotopic (exact) mass is 287 g/mol. The standard InChI is InChI=1S/C16H17NO4/c1-10(12-5-3-4-6-14(12)19)17(2)16(21)13-8-7-11(18)9-15(13)20/h3-10,18-20H,1-2H3. The summed E-state index contributed by atoms with van der Waals surface area (Å²) >= 11 is 0. The first kappa shape index (κ1) is 14.7. The molecule has 0 saturated heterocycles. The highest BCUT2D eigenvalue weighted by Gasteiger charge is 2.23. The first-order valence-electron chi connectivity index (χ1n) is 6.49. The number of para-hydroxylation sites is 1. The van der Waals surface area contributed by atoms with Crippen LogP contribution in [-0.4, -0.2) is 33.2 Å². The Kier molecular flexibility index (Phi) is 4.03. The molecule has 5 nitrogen and oxygen atoms in total. The van der Waals surface area contributed by atoms with Crippen LogP contribution in [0.5, 0.6) is 17.2 Å². The number of aromatic hydroxyl groups is 3. The molecule has 0 heterocycles. The Morgan fingerprint density at radius 2 is 1.71 bits per heavy atom. The quantitative estimate of drug-likeness (QED) is 0.810. The van der Waals surface area contributed by atoms with Crippen molar-refractivity contribution in [3.8, 4) is 17.2 Å². The molecule has 0 saturated carbocycles. The van der Waals surface area contributed by atoms with E-state index in [1.54, 1.807) is 38.2 Å². The van der Waals surface area contributed by atoms with E-state index in [-0.39, 0.29) is 28.9 Å². The van der Waals surface area contributed by atoms with Crippen LogP contribution in [0, 0.1) is 0 Å². The van der Waals surface area contributed by atoms with E-state index < -0.39 is 5.91 Å². The number of rotatable bonds is 3. The van der Waals surface area contributed by atoms with Crippen molar-refractivity contribution in [3.05, 3.63) is 53.6 Å². The Balaban J connectivity index is 2.29. The Morgan fingerprint density at radius 3 is 2.33 bits per heavy atom. The maximum Gasteiger partial charge on any atom is 0.257 e. The third-order valence-electron chi connectivity index (χ3n) is 3.50. The number of amides is 1. The SMILES string of the molecule is CC(c1ccccc1O)N(C)C(=O)c1ccc(O)cc1O. The van der Waals surface area contributed by atoms with Crippen LogP contribution in [0.1, 0.15) is 28.9 Å². The molecule has 0 fully saturated rings. The molecule has 0 spiro atoms. The van der Waals surface area contributed by atoms with Gasteiger partial charge in [-0.05, 0) is 25.1 Å². The fourth-order valence-electron chi connectivity index (χ4n) is 2.12. The van der Waals surface area contributed by atoms with Crippen LogP contribution in [0.25, 0.3) is 0 Å². The summed E-state index contributed by atoms with van der Waals surface area (Å²) in [4.78, 5) is 13.8. The van der Waals surface area contributed by atoms with E-state index in [1.165, 1.54) is 17.0 Å². The number of phenolic OH excluding ortho intramolecular Hbond substituents is 3. The minimum absolute atomic E-state index is 0.0950. The molecular weight excluding hydrogens is 270 g/mol.